The molecule has 0 spiro atoms. The molecule has 2 aromatic carbocycles. The molecular formula is C22H22N6O2. The van der Waals surface area contributed by atoms with Crippen LogP contribution in [-0.2, 0) is 6.54 Å². The average Bonchev–Trinajstić information content (AvgIpc) is 3.23. The Balaban J connectivity index is 1.70. The van der Waals surface area contributed by atoms with E-state index >= 15 is 0 Å². The Bertz CT molecular complexity index is 1040. The third-order valence-electron chi connectivity index (χ3n) is 3.84. The lowest BCUT2D eigenvalue weighted by Crippen LogP contribution is -1.97. The topological polar surface area (TPSA) is 86.2 Å². The van der Waals surface area contributed by atoms with Gasteiger partial charge in [-0.15, -0.1) is 15.3 Å². The number of nitrogens with zero attached hydrogens (tertiary/aromatic N) is 6. The predicted octanol–water partition coefficient (Wildman–Crippen LogP) is 4.57. The van der Waals surface area contributed by atoms with E-state index in [1.165, 1.54) is 11.0 Å². The summed E-state index contributed by atoms with van der Waals surface area (Å²) in [6.45, 7) is 8.49. The number of aromatic nitrogens is 3. The lowest BCUT2D eigenvalue weighted by Gasteiger charge is -2.07. The van der Waals surface area contributed by atoms with E-state index in [1.54, 1.807) is 18.4 Å². The summed E-state index contributed by atoms with van der Waals surface area (Å²) in [6, 6.07) is 15.2. The Kier molecular flexibility index (Phi) is 7.62. The van der Waals surface area contributed by atoms with Gasteiger partial charge in [0, 0.05) is 11.1 Å². The van der Waals surface area contributed by atoms with Gasteiger partial charge in [-0.05, 0) is 18.2 Å². The minimum atomic E-state index is 0.264. The fourth-order valence-corrected chi connectivity index (χ4v) is 2.46. The van der Waals surface area contributed by atoms with Gasteiger partial charge in [0.2, 0.25) is 0 Å². The Hall–Kier alpha value is -4.07. The van der Waals surface area contributed by atoms with Crippen LogP contribution in [0.4, 0.5) is 5.95 Å². The molecule has 0 N–H and O–H groups in total. The van der Waals surface area contributed by atoms with Gasteiger partial charge in [-0.1, -0.05) is 55.6 Å². The zero-order valence-electron chi connectivity index (χ0n) is 16.5. The molecule has 152 valence electrons. The summed E-state index contributed by atoms with van der Waals surface area (Å²) in [4.78, 5) is 0. The molecule has 1 aromatic heterocycles. The monoisotopic (exact) mass is 402 g/mol. The van der Waals surface area contributed by atoms with Crippen molar-refractivity contribution in [2.75, 3.05) is 13.2 Å². The van der Waals surface area contributed by atoms with Crippen LogP contribution < -0.4 is 9.47 Å². The van der Waals surface area contributed by atoms with Gasteiger partial charge in [-0.2, -0.15) is 14.9 Å². The van der Waals surface area contributed by atoms with Gasteiger partial charge < -0.3 is 9.47 Å². The third kappa shape index (κ3) is 5.71. The largest absolute Gasteiger partial charge is 0.489 e. The van der Waals surface area contributed by atoms with E-state index in [-0.39, 0.29) is 5.95 Å². The molecule has 0 unspecified atom stereocenters. The molecule has 0 fully saturated rings. The van der Waals surface area contributed by atoms with Crippen molar-refractivity contribution >= 4 is 12.2 Å². The Morgan fingerprint density at radius 2 is 1.63 bits per heavy atom. The first kappa shape index (κ1) is 20.7. The summed E-state index contributed by atoms with van der Waals surface area (Å²) in [5.74, 6) is 1.71. The standard InChI is InChI=1S/C22H22N6O2/c1-3-13-29-20-11-7-5-9-18(20)15-23-26-22-27-24-17-28(22)25-16-19-10-6-8-12-21(19)30-14-4-2/h3-12,16-17H,1-2,13-15H2/b25-16-,26-23?. The van der Waals surface area contributed by atoms with Crippen molar-refractivity contribution in [3.63, 3.8) is 0 Å². The van der Waals surface area contributed by atoms with Crippen LogP contribution in [0.5, 0.6) is 11.5 Å². The Morgan fingerprint density at radius 1 is 0.933 bits per heavy atom. The number of azo groups is 1. The lowest BCUT2D eigenvalue weighted by atomic mass is 10.2. The lowest BCUT2D eigenvalue weighted by molar-refractivity contribution is 0.359. The highest BCUT2D eigenvalue weighted by Gasteiger charge is 2.05. The smallest absolute Gasteiger partial charge is 0.290 e. The van der Waals surface area contributed by atoms with E-state index in [1.807, 2.05) is 48.5 Å². The van der Waals surface area contributed by atoms with Crippen LogP contribution in [0.3, 0.4) is 0 Å². The number of rotatable bonds is 11. The number of benzene rings is 2. The summed E-state index contributed by atoms with van der Waals surface area (Å²) in [6.07, 6.45) is 6.49. The maximum Gasteiger partial charge on any atom is 0.290 e. The molecule has 0 aliphatic rings. The zero-order chi connectivity index (χ0) is 21.0. The summed E-state index contributed by atoms with van der Waals surface area (Å²) in [5.41, 5.74) is 1.72. The highest BCUT2D eigenvalue weighted by Crippen LogP contribution is 2.20. The van der Waals surface area contributed by atoms with E-state index in [9.17, 15) is 0 Å². The normalized spacial score (nSPS) is 11.1. The minimum absolute atomic E-state index is 0.264. The minimum Gasteiger partial charge on any atom is -0.489 e. The van der Waals surface area contributed by atoms with Gasteiger partial charge in [-0.3, -0.25) is 0 Å². The molecule has 3 aromatic rings. The van der Waals surface area contributed by atoms with Crippen LogP contribution >= 0.6 is 0 Å². The predicted molar refractivity (Wildman–Crippen MR) is 116 cm³/mol. The summed E-state index contributed by atoms with van der Waals surface area (Å²) < 4.78 is 12.7. The maximum atomic E-state index is 5.63. The third-order valence-corrected chi connectivity index (χ3v) is 3.84. The molecule has 0 aliphatic heterocycles. The molecule has 1 heterocycles. The van der Waals surface area contributed by atoms with Gasteiger partial charge in [0.05, 0.1) is 12.8 Å². The van der Waals surface area contributed by atoms with E-state index in [0.717, 1.165) is 16.9 Å². The van der Waals surface area contributed by atoms with Crippen molar-refractivity contribution in [1.29, 1.82) is 0 Å². The van der Waals surface area contributed by atoms with Crippen molar-refractivity contribution in [2.45, 2.75) is 6.54 Å². The molecule has 3 rings (SSSR count). The Labute approximate surface area is 174 Å². The van der Waals surface area contributed by atoms with E-state index in [4.69, 9.17) is 9.47 Å². The average molecular weight is 402 g/mol. The van der Waals surface area contributed by atoms with Crippen LogP contribution in [0.1, 0.15) is 11.1 Å². The highest BCUT2D eigenvalue weighted by molar-refractivity contribution is 5.83. The van der Waals surface area contributed by atoms with Crippen LogP contribution in [0.25, 0.3) is 0 Å². The molecule has 0 saturated heterocycles. The second-order valence-electron chi connectivity index (χ2n) is 5.96. The molecule has 0 saturated carbocycles. The Morgan fingerprint density at radius 3 is 2.43 bits per heavy atom. The molecular weight excluding hydrogens is 380 g/mol. The first-order chi connectivity index (χ1) is 14.8. The van der Waals surface area contributed by atoms with Crippen molar-refractivity contribution in [3.05, 3.63) is 91.3 Å². The summed E-state index contributed by atoms with van der Waals surface area (Å²) in [7, 11) is 0. The van der Waals surface area contributed by atoms with Crippen molar-refractivity contribution in [2.24, 2.45) is 15.3 Å². The quantitative estimate of drug-likeness (QED) is 0.267. The van der Waals surface area contributed by atoms with E-state index in [0.29, 0.717) is 25.5 Å². The fourth-order valence-electron chi connectivity index (χ4n) is 2.46. The number of hydrogen-bond acceptors (Lipinski definition) is 7. The summed E-state index contributed by atoms with van der Waals surface area (Å²) >= 11 is 0. The molecule has 8 nitrogen and oxygen atoms in total. The highest BCUT2D eigenvalue weighted by atomic mass is 16.5. The number of hydrogen-bond donors (Lipinski definition) is 0. The van der Waals surface area contributed by atoms with Crippen LogP contribution in [-0.4, -0.2) is 34.3 Å². The van der Waals surface area contributed by atoms with Crippen LogP contribution in [0.15, 0.2) is 95.5 Å². The maximum absolute atomic E-state index is 5.63. The second kappa shape index (κ2) is 11.1. The second-order valence-corrected chi connectivity index (χ2v) is 5.96. The van der Waals surface area contributed by atoms with Gasteiger partial charge >= 0.3 is 0 Å². The van der Waals surface area contributed by atoms with Crippen molar-refractivity contribution in [1.82, 2.24) is 14.9 Å². The van der Waals surface area contributed by atoms with E-state index < -0.39 is 0 Å². The van der Waals surface area contributed by atoms with Gasteiger partial charge in [0.25, 0.3) is 5.95 Å². The van der Waals surface area contributed by atoms with Crippen molar-refractivity contribution < 1.29 is 9.47 Å². The van der Waals surface area contributed by atoms with Gasteiger partial charge in [0.1, 0.15) is 31.0 Å². The molecule has 0 atom stereocenters. The molecule has 0 amide bonds. The molecule has 0 radical (unpaired) electrons. The summed E-state index contributed by atoms with van der Waals surface area (Å²) in [5, 5.41) is 20.5. The van der Waals surface area contributed by atoms with Gasteiger partial charge in [0.15, 0.2) is 0 Å². The van der Waals surface area contributed by atoms with Crippen molar-refractivity contribution in [3.8, 4) is 11.5 Å². The molecule has 0 aliphatic carbocycles. The zero-order valence-corrected chi connectivity index (χ0v) is 16.5. The fraction of sp³-hybridized carbons (Fsp3) is 0.136. The SMILES string of the molecule is C=CCOc1ccccc1/C=N\n1cnnc1N=NCc1ccccc1OCC=C. The van der Waals surface area contributed by atoms with E-state index in [2.05, 4.69) is 38.7 Å². The number of ether oxygens (including phenoxy) is 2. The molecule has 8 heteroatoms. The van der Waals surface area contributed by atoms with Crippen LogP contribution in [0, 0.1) is 0 Å². The van der Waals surface area contributed by atoms with Crippen LogP contribution in [0.2, 0.25) is 0 Å². The van der Waals surface area contributed by atoms with Gasteiger partial charge in [-0.25, -0.2) is 0 Å². The molecule has 0 bridgehead atoms. The first-order valence-corrected chi connectivity index (χ1v) is 9.28. The first-order valence-electron chi connectivity index (χ1n) is 9.28. The molecule has 30 heavy (non-hydrogen) atoms. The number of para-hydroxylation sites is 2.